The Morgan fingerprint density at radius 2 is 1.74 bits per heavy atom. The van der Waals surface area contributed by atoms with Crippen LogP contribution in [0.2, 0.25) is 0 Å². The summed E-state index contributed by atoms with van der Waals surface area (Å²) in [4.78, 5) is 0. The van der Waals surface area contributed by atoms with E-state index in [4.69, 9.17) is 17.0 Å². The number of hydrogen-bond acceptors (Lipinski definition) is 0. The van der Waals surface area contributed by atoms with Gasteiger partial charge in [-0.15, -0.1) is 5.56 Å². The van der Waals surface area contributed by atoms with Crippen molar-refractivity contribution in [3.05, 3.63) is 101 Å². The molecule has 0 heterocycles. The van der Waals surface area contributed by atoms with Crippen LogP contribution in [0.5, 0.6) is 0 Å². The number of benzene rings is 3. The minimum absolute atomic E-state index is 0.499. The van der Waals surface area contributed by atoms with Gasteiger partial charge in [-0.05, 0) is 6.42 Å². The SMILES string of the molecule is [Cl][Zr]([Cl])=[CH]CC1C=Cc2ccccc21.[c-]1cccc2c1Cc1ccccc1-2. The third-order valence-corrected chi connectivity index (χ3v) is 8.21. The van der Waals surface area contributed by atoms with E-state index in [1.54, 1.807) is 0 Å². The summed E-state index contributed by atoms with van der Waals surface area (Å²) in [7, 11) is 11.7. The predicted molar refractivity (Wildman–Crippen MR) is 114 cm³/mol. The molecule has 27 heavy (non-hydrogen) atoms. The Balaban J connectivity index is 0.000000134. The molecule has 0 bridgehead atoms. The molecule has 1 atom stereocenters. The molecule has 1 unspecified atom stereocenters. The molecular weight excluding hydrogens is 450 g/mol. The van der Waals surface area contributed by atoms with Gasteiger partial charge in [-0.2, -0.15) is 29.8 Å². The molecule has 5 rings (SSSR count). The normalized spacial score (nSPS) is 15.3. The minimum Gasteiger partial charge on any atom is -0.179 e. The molecule has 0 spiro atoms. The van der Waals surface area contributed by atoms with Gasteiger partial charge in [0.2, 0.25) is 0 Å². The van der Waals surface area contributed by atoms with Crippen LogP contribution >= 0.6 is 17.0 Å². The average molecular weight is 470 g/mol. The molecule has 2 aliphatic carbocycles. The summed E-state index contributed by atoms with van der Waals surface area (Å²) in [6, 6.07) is 26.6. The molecule has 0 saturated heterocycles. The summed E-state index contributed by atoms with van der Waals surface area (Å²) in [5, 5.41) is 0. The molecule has 0 saturated carbocycles. The van der Waals surface area contributed by atoms with Crippen LogP contribution in [0.4, 0.5) is 0 Å². The van der Waals surface area contributed by atoms with Crippen molar-refractivity contribution in [2.45, 2.75) is 18.8 Å². The summed E-state index contributed by atoms with van der Waals surface area (Å²) in [5.74, 6) is 0.499. The first-order valence-corrected chi connectivity index (χ1v) is 16.8. The molecule has 3 aromatic rings. The zero-order chi connectivity index (χ0) is 18.6. The van der Waals surface area contributed by atoms with Gasteiger partial charge in [-0.1, -0.05) is 35.4 Å². The van der Waals surface area contributed by atoms with E-state index in [-0.39, 0.29) is 0 Å². The van der Waals surface area contributed by atoms with Gasteiger partial charge < -0.3 is 0 Å². The zero-order valence-electron chi connectivity index (χ0n) is 14.8. The van der Waals surface area contributed by atoms with Gasteiger partial charge in [0.1, 0.15) is 0 Å². The van der Waals surface area contributed by atoms with E-state index < -0.39 is 18.9 Å². The second-order valence-corrected chi connectivity index (χ2v) is 15.1. The van der Waals surface area contributed by atoms with Crippen LogP contribution in [0.3, 0.4) is 0 Å². The Hall–Kier alpha value is -1.27. The summed E-state index contributed by atoms with van der Waals surface area (Å²) < 4.78 is 2.13. The van der Waals surface area contributed by atoms with Gasteiger partial charge >= 0.3 is 99.5 Å². The maximum atomic E-state index is 5.87. The number of fused-ring (bicyclic) bond motifs is 4. The van der Waals surface area contributed by atoms with Crippen molar-refractivity contribution in [1.29, 1.82) is 0 Å². The molecule has 0 fully saturated rings. The second kappa shape index (κ2) is 8.82. The van der Waals surface area contributed by atoms with E-state index in [0.717, 1.165) is 12.8 Å². The van der Waals surface area contributed by atoms with Gasteiger partial charge in [0.05, 0.1) is 0 Å². The van der Waals surface area contributed by atoms with Gasteiger partial charge in [0.25, 0.3) is 0 Å². The molecule has 0 N–H and O–H groups in total. The standard InChI is InChI=1S/C13H9.C11H10.2ClH.Zr/c1-3-7-12-10(5-1)9-11-6-2-4-8-13(11)12;1-2-9-7-8-10-5-3-4-6-11(9)10;;;/h1-5,7-8H,9H2;1,3-9H,2H2;2*1H;/q-1;;;;+2/p-2. The number of rotatable bonds is 2. The molecular formula is C24H19Cl2Zr-. The maximum Gasteiger partial charge on any atom is -0.0253 e. The molecule has 3 aromatic carbocycles. The summed E-state index contributed by atoms with van der Waals surface area (Å²) in [5.41, 5.74) is 8.25. The molecule has 0 amide bonds. The summed E-state index contributed by atoms with van der Waals surface area (Å²) in [6.07, 6.45) is 6.46. The Bertz CT molecular complexity index is 973. The summed E-state index contributed by atoms with van der Waals surface area (Å²) in [6.45, 7) is 0. The van der Waals surface area contributed by atoms with Crippen molar-refractivity contribution >= 4 is 26.8 Å². The van der Waals surface area contributed by atoms with Gasteiger partial charge in [-0.25, -0.2) is 0 Å². The number of hydrogen-bond donors (Lipinski definition) is 0. The zero-order valence-corrected chi connectivity index (χ0v) is 18.8. The molecule has 0 radical (unpaired) electrons. The van der Waals surface area contributed by atoms with Crippen LogP contribution < -0.4 is 0 Å². The number of allylic oxidation sites excluding steroid dienone is 1. The van der Waals surface area contributed by atoms with E-state index >= 15 is 0 Å². The third kappa shape index (κ3) is 4.43. The van der Waals surface area contributed by atoms with Crippen molar-refractivity contribution in [2.75, 3.05) is 0 Å². The van der Waals surface area contributed by atoms with Crippen LogP contribution in [-0.4, -0.2) is 3.71 Å². The van der Waals surface area contributed by atoms with E-state index in [1.807, 2.05) is 6.07 Å². The fraction of sp³-hybridized carbons (Fsp3) is 0.125. The van der Waals surface area contributed by atoms with Crippen molar-refractivity contribution in [2.24, 2.45) is 0 Å². The fourth-order valence-electron chi connectivity index (χ4n) is 3.74. The van der Waals surface area contributed by atoms with E-state index in [1.165, 1.54) is 33.4 Å². The maximum absolute atomic E-state index is 5.87. The van der Waals surface area contributed by atoms with Gasteiger partial charge in [0, 0.05) is 0 Å². The van der Waals surface area contributed by atoms with Crippen LogP contribution in [0, 0.1) is 6.07 Å². The van der Waals surface area contributed by atoms with Crippen LogP contribution in [0.1, 0.15) is 34.6 Å². The van der Waals surface area contributed by atoms with Crippen LogP contribution in [0.25, 0.3) is 17.2 Å². The third-order valence-electron chi connectivity index (χ3n) is 5.05. The van der Waals surface area contributed by atoms with Gasteiger partial charge in [-0.3, -0.25) is 0 Å². The molecule has 134 valence electrons. The van der Waals surface area contributed by atoms with E-state index in [0.29, 0.717) is 5.92 Å². The molecule has 0 aromatic heterocycles. The average Bonchev–Trinajstić information content (AvgIpc) is 3.28. The second-order valence-electron chi connectivity index (χ2n) is 6.72. The van der Waals surface area contributed by atoms with Crippen molar-refractivity contribution < 1.29 is 18.9 Å². The van der Waals surface area contributed by atoms with E-state index in [2.05, 4.69) is 82.6 Å². The quantitative estimate of drug-likeness (QED) is 0.278. The molecule has 0 nitrogen and oxygen atoms in total. The van der Waals surface area contributed by atoms with Gasteiger partial charge in [0.15, 0.2) is 0 Å². The first kappa shape index (κ1) is 19.1. The largest absolute Gasteiger partial charge is 0.179 e. The molecule has 0 aliphatic heterocycles. The molecule has 2 aliphatic rings. The fourth-order valence-corrected chi connectivity index (χ4v) is 5.86. The van der Waals surface area contributed by atoms with Crippen LogP contribution in [-0.2, 0) is 25.3 Å². The summed E-state index contributed by atoms with van der Waals surface area (Å²) >= 11 is -2.05. The van der Waals surface area contributed by atoms with Crippen molar-refractivity contribution in [3.8, 4) is 11.1 Å². The van der Waals surface area contributed by atoms with Crippen molar-refractivity contribution in [1.82, 2.24) is 0 Å². The minimum atomic E-state index is -2.05. The Morgan fingerprint density at radius 3 is 2.63 bits per heavy atom. The van der Waals surface area contributed by atoms with E-state index in [9.17, 15) is 0 Å². The predicted octanol–water partition coefficient (Wildman–Crippen LogP) is 6.97. The smallest absolute Gasteiger partial charge is 0.0253 e. The topological polar surface area (TPSA) is 0 Å². The monoisotopic (exact) mass is 467 g/mol. The Labute approximate surface area is 175 Å². The number of halogens is 2. The molecule has 3 heteroatoms. The first-order chi connectivity index (χ1) is 13.2. The Morgan fingerprint density at radius 1 is 0.963 bits per heavy atom. The Kier molecular flexibility index (Phi) is 6.23. The van der Waals surface area contributed by atoms with Crippen LogP contribution in [0.15, 0.2) is 72.8 Å². The first-order valence-electron chi connectivity index (χ1n) is 9.08. The van der Waals surface area contributed by atoms with Crippen molar-refractivity contribution in [3.63, 3.8) is 0 Å².